The highest BCUT2D eigenvalue weighted by Gasteiger charge is 2.30. The predicted molar refractivity (Wildman–Crippen MR) is 176 cm³/mol. The summed E-state index contributed by atoms with van der Waals surface area (Å²) >= 11 is 0. The monoisotopic (exact) mass is 618 g/mol. The molecule has 234 valence electrons. The van der Waals surface area contributed by atoms with E-state index in [1.165, 1.54) is 23.9 Å². The van der Waals surface area contributed by atoms with Crippen LogP contribution in [0.3, 0.4) is 0 Å². The van der Waals surface area contributed by atoms with Gasteiger partial charge in [-0.25, -0.2) is 9.37 Å². The molecule has 3 aromatic heterocycles. The molecule has 0 unspecified atom stereocenters. The van der Waals surface area contributed by atoms with Gasteiger partial charge in [0.1, 0.15) is 17.4 Å². The minimum Gasteiger partial charge on any atom is -0.619 e. The molecule has 6 aromatic rings. The van der Waals surface area contributed by atoms with E-state index >= 15 is 0 Å². The van der Waals surface area contributed by atoms with Gasteiger partial charge in [0.15, 0.2) is 18.2 Å². The van der Waals surface area contributed by atoms with Gasteiger partial charge in [-0.3, -0.25) is 4.79 Å². The zero-order valence-electron chi connectivity index (χ0n) is 25.8. The van der Waals surface area contributed by atoms with E-state index in [0.29, 0.717) is 29.3 Å². The second kappa shape index (κ2) is 10.8. The summed E-state index contributed by atoms with van der Waals surface area (Å²) in [6.07, 6.45) is 4.63. The van der Waals surface area contributed by atoms with E-state index < -0.39 is 6.17 Å². The van der Waals surface area contributed by atoms with Gasteiger partial charge in [-0.1, -0.05) is 24.3 Å². The molecule has 1 aliphatic heterocycles. The number of nitrogens with zero attached hydrogens (tertiary/aromatic N) is 5. The number of hydrogen-bond donors (Lipinski definition) is 1. The molecule has 9 nitrogen and oxygen atoms in total. The Morgan fingerprint density at radius 3 is 2.59 bits per heavy atom. The number of fused-ring (bicyclic) bond motifs is 3. The van der Waals surface area contributed by atoms with Crippen molar-refractivity contribution in [1.82, 2.24) is 19.0 Å². The molecule has 46 heavy (non-hydrogen) atoms. The quantitative estimate of drug-likeness (QED) is 0.194. The van der Waals surface area contributed by atoms with Gasteiger partial charge < -0.3 is 29.7 Å². The number of aromatic nitrogens is 4. The van der Waals surface area contributed by atoms with Crippen molar-refractivity contribution in [3.05, 3.63) is 83.8 Å². The number of alkyl halides is 1. The molecule has 2 aliphatic rings. The molecule has 3 aromatic carbocycles. The molecule has 1 amide bonds. The summed E-state index contributed by atoms with van der Waals surface area (Å²) in [6.45, 7) is 1.22. The molecular formula is C36H35FN6O3. The summed E-state index contributed by atoms with van der Waals surface area (Å²) in [5.74, 6) is 1.63. The predicted octanol–water partition coefficient (Wildman–Crippen LogP) is 5.58. The third-order valence-electron chi connectivity index (χ3n) is 9.48. The standard InChI is InChI=1S/C36H35FN6O3/c1-40-34-30(12-26(15-33(34)46-2)36(44)41-19-28(37)16-29(38)20-41)39-35(40)32-14-25-8-7-24(13-31(25)43(32)17-21-3-4-21)23-6-5-22-9-10-42(45)18-27(22)11-23/h5-15,18,21,28-29H,3-4,16-17,19-20,38H2,1-2H3/t28-,29-/m1/s1. The Balaban J connectivity index is 1.23. The number of carbonyl (C=O) groups is 1. The summed E-state index contributed by atoms with van der Waals surface area (Å²) in [4.78, 5) is 20.1. The SMILES string of the molecule is COc1cc(C(=O)N2C[C@H](N)C[C@@H](F)C2)cc2nc(-c3cc4ccc(-c5ccc6cc[n+]([O-])cc6c5)cc4n3CC3CC3)n(C)c12. The fraction of sp³-hybridized carbons (Fsp3) is 0.306. The first-order chi connectivity index (χ1) is 22.2. The zero-order valence-corrected chi connectivity index (χ0v) is 25.8. The minimum absolute atomic E-state index is 0.0292. The molecule has 2 fully saturated rings. The van der Waals surface area contributed by atoms with Crippen molar-refractivity contribution in [3.63, 3.8) is 0 Å². The number of benzene rings is 3. The highest BCUT2D eigenvalue weighted by molar-refractivity contribution is 6.00. The highest BCUT2D eigenvalue weighted by Crippen LogP contribution is 2.39. The Hall–Kier alpha value is -4.96. The van der Waals surface area contributed by atoms with Gasteiger partial charge in [0, 0.05) is 54.1 Å². The third kappa shape index (κ3) is 4.93. The van der Waals surface area contributed by atoms with Crippen molar-refractivity contribution in [2.24, 2.45) is 18.7 Å². The van der Waals surface area contributed by atoms with Crippen LogP contribution in [0, 0.1) is 11.1 Å². The number of methoxy groups -OCH3 is 1. The number of carbonyl (C=O) groups excluding carboxylic acids is 1. The van der Waals surface area contributed by atoms with Crippen molar-refractivity contribution in [2.45, 2.75) is 38.0 Å². The second-order valence-electron chi connectivity index (χ2n) is 12.8. The van der Waals surface area contributed by atoms with Gasteiger partial charge in [0.05, 0.1) is 24.9 Å². The lowest BCUT2D eigenvalue weighted by molar-refractivity contribution is -0.603. The maximum atomic E-state index is 14.3. The molecule has 0 bridgehead atoms. The molecule has 0 radical (unpaired) electrons. The second-order valence-corrected chi connectivity index (χ2v) is 12.8. The maximum absolute atomic E-state index is 14.3. The molecule has 1 saturated carbocycles. The molecule has 2 atom stereocenters. The van der Waals surface area contributed by atoms with Crippen molar-refractivity contribution in [1.29, 1.82) is 0 Å². The lowest BCUT2D eigenvalue weighted by atomic mass is 10.0. The Morgan fingerprint density at radius 2 is 1.83 bits per heavy atom. The van der Waals surface area contributed by atoms with Crippen LogP contribution in [0.15, 0.2) is 73.1 Å². The molecule has 2 N–H and O–H groups in total. The van der Waals surface area contributed by atoms with Crippen LogP contribution in [0.25, 0.3) is 55.4 Å². The van der Waals surface area contributed by atoms with Crippen LogP contribution in [0.4, 0.5) is 4.39 Å². The number of pyridine rings is 1. The van der Waals surface area contributed by atoms with E-state index in [0.717, 1.165) is 61.1 Å². The number of piperidine rings is 1. The topological polar surface area (TPSA) is 105 Å². The van der Waals surface area contributed by atoms with Crippen LogP contribution in [0.1, 0.15) is 29.6 Å². The molecule has 10 heteroatoms. The summed E-state index contributed by atoms with van der Waals surface area (Å²) < 4.78 is 25.3. The van der Waals surface area contributed by atoms with E-state index in [4.69, 9.17) is 15.5 Å². The first-order valence-electron chi connectivity index (χ1n) is 15.8. The van der Waals surface area contributed by atoms with Crippen LogP contribution in [0.5, 0.6) is 5.75 Å². The zero-order chi connectivity index (χ0) is 31.7. The average molecular weight is 619 g/mol. The summed E-state index contributed by atoms with van der Waals surface area (Å²) in [5.41, 5.74) is 12.1. The molecular weight excluding hydrogens is 583 g/mol. The summed E-state index contributed by atoms with van der Waals surface area (Å²) in [6, 6.07) is 19.8. The molecule has 1 aliphatic carbocycles. The number of hydrogen-bond acceptors (Lipinski definition) is 5. The van der Waals surface area contributed by atoms with Crippen molar-refractivity contribution < 1.29 is 18.7 Å². The Morgan fingerprint density at radius 1 is 1.04 bits per heavy atom. The number of aryl methyl sites for hydroxylation is 1. The molecule has 8 rings (SSSR count). The number of amides is 1. The lowest BCUT2D eigenvalue weighted by Gasteiger charge is -2.33. The largest absolute Gasteiger partial charge is 0.619 e. The fourth-order valence-corrected chi connectivity index (χ4v) is 6.97. The van der Waals surface area contributed by atoms with Gasteiger partial charge in [0.2, 0.25) is 0 Å². The van der Waals surface area contributed by atoms with E-state index in [9.17, 15) is 14.4 Å². The van der Waals surface area contributed by atoms with Gasteiger partial charge in [-0.05, 0) is 72.0 Å². The third-order valence-corrected chi connectivity index (χ3v) is 9.48. The Labute approximate surface area is 265 Å². The van der Waals surface area contributed by atoms with Gasteiger partial charge in [-0.2, -0.15) is 4.73 Å². The van der Waals surface area contributed by atoms with E-state index in [1.54, 1.807) is 25.4 Å². The van der Waals surface area contributed by atoms with Crippen LogP contribution in [-0.4, -0.2) is 57.3 Å². The average Bonchev–Trinajstić information content (AvgIpc) is 3.72. The number of rotatable bonds is 6. The first-order valence-corrected chi connectivity index (χ1v) is 15.8. The summed E-state index contributed by atoms with van der Waals surface area (Å²) in [5, 5.41) is 15.0. The van der Waals surface area contributed by atoms with E-state index in [2.05, 4.69) is 41.0 Å². The van der Waals surface area contributed by atoms with Crippen LogP contribution in [0.2, 0.25) is 0 Å². The minimum atomic E-state index is -1.14. The normalized spacial score (nSPS) is 18.6. The van der Waals surface area contributed by atoms with Gasteiger partial charge >= 0.3 is 0 Å². The maximum Gasteiger partial charge on any atom is 0.254 e. The molecule has 1 saturated heterocycles. The van der Waals surface area contributed by atoms with Crippen molar-refractivity contribution in [3.8, 4) is 28.4 Å². The van der Waals surface area contributed by atoms with Gasteiger partial charge in [0.25, 0.3) is 5.91 Å². The van der Waals surface area contributed by atoms with Crippen molar-refractivity contribution in [2.75, 3.05) is 20.2 Å². The summed E-state index contributed by atoms with van der Waals surface area (Å²) in [7, 11) is 3.55. The number of likely N-dealkylation sites (tertiary alicyclic amines) is 1. The van der Waals surface area contributed by atoms with Crippen LogP contribution in [-0.2, 0) is 13.6 Å². The van der Waals surface area contributed by atoms with Crippen molar-refractivity contribution >= 4 is 38.6 Å². The number of imidazole rings is 1. The number of halogens is 1. The first kappa shape index (κ1) is 28.5. The van der Waals surface area contributed by atoms with E-state index in [1.807, 2.05) is 23.7 Å². The van der Waals surface area contributed by atoms with E-state index in [-0.39, 0.29) is 24.9 Å². The van der Waals surface area contributed by atoms with Crippen LogP contribution >= 0.6 is 0 Å². The Kier molecular flexibility index (Phi) is 6.72. The number of ether oxygens (including phenoxy) is 1. The lowest BCUT2D eigenvalue weighted by Crippen LogP contribution is -2.50. The smallest absolute Gasteiger partial charge is 0.254 e. The molecule has 4 heterocycles. The fourth-order valence-electron chi connectivity index (χ4n) is 6.97. The Bertz CT molecular complexity index is 2160. The van der Waals surface area contributed by atoms with Crippen LogP contribution < -0.4 is 15.2 Å². The highest BCUT2D eigenvalue weighted by atomic mass is 19.1. The molecule has 0 spiro atoms. The van der Waals surface area contributed by atoms with Gasteiger partial charge in [-0.15, -0.1) is 0 Å². The number of nitrogens with two attached hydrogens (primary N) is 1.